The first-order valence-corrected chi connectivity index (χ1v) is 10.6. The van der Waals surface area contributed by atoms with E-state index in [1.54, 1.807) is 24.8 Å². The van der Waals surface area contributed by atoms with Gasteiger partial charge in [0.25, 0.3) is 5.91 Å². The number of anilines is 1. The lowest BCUT2D eigenvalue weighted by Crippen LogP contribution is -2.38. The first-order chi connectivity index (χ1) is 15.7. The number of pyridine rings is 1. The Kier molecular flexibility index (Phi) is 5.33. The minimum absolute atomic E-state index is 0.0169. The van der Waals surface area contributed by atoms with Gasteiger partial charge in [0.15, 0.2) is 0 Å². The van der Waals surface area contributed by atoms with Crippen LogP contribution < -0.4 is 10.2 Å². The van der Waals surface area contributed by atoms with Crippen molar-refractivity contribution in [1.82, 2.24) is 29.8 Å². The second kappa shape index (κ2) is 8.58. The summed E-state index contributed by atoms with van der Waals surface area (Å²) >= 11 is 0. The highest BCUT2D eigenvalue weighted by Crippen LogP contribution is 2.22. The van der Waals surface area contributed by atoms with Crippen LogP contribution in [0.3, 0.4) is 0 Å². The Balaban J connectivity index is 1.26. The summed E-state index contributed by atoms with van der Waals surface area (Å²) in [6.45, 7) is 1.44. The summed E-state index contributed by atoms with van der Waals surface area (Å²) in [5.41, 5.74) is 3.30. The normalized spacial score (nSPS) is 15.7. The molecule has 1 aliphatic heterocycles. The Hall–Kier alpha value is -4.07. The summed E-state index contributed by atoms with van der Waals surface area (Å²) in [4.78, 5) is 32.8. The molecule has 8 nitrogen and oxygen atoms in total. The first kappa shape index (κ1) is 19.9. The summed E-state index contributed by atoms with van der Waals surface area (Å²) < 4.78 is 1.83. The molecule has 0 bridgehead atoms. The zero-order chi connectivity index (χ0) is 21.9. The fourth-order valence-electron chi connectivity index (χ4n) is 3.97. The van der Waals surface area contributed by atoms with Gasteiger partial charge < -0.3 is 14.8 Å². The quantitative estimate of drug-likeness (QED) is 0.529. The molecule has 1 atom stereocenters. The van der Waals surface area contributed by atoms with Crippen molar-refractivity contribution in [3.8, 4) is 22.6 Å². The number of imidazole rings is 1. The van der Waals surface area contributed by atoms with Crippen molar-refractivity contribution in [2.24, 2.45) is 7.05 Å². The third kappa shape index (κ3) is 3.94. The van der Waals surface area contributed by atoms with Crippen molar-refractivity contribution >= 4 is 11.9 Å². The van der Waals surface area contributed by atoms with Crippen LogP contribution in [-0.4, -0.2) is 49.5 Å². The minimum atomic E-state index is -0.126. The van der Waals surface area contributed by atoms with Crippen LogP contribution in [0.1, 0.15) is 16.9 Å². The number of nitrogens with one attached hydrogen (secondary N) is 1. The zero-order valence-corrected chi connectivity index (χ0v) is 17.7. The maximum atomic E-state index is 12.9. The molecule has 1 amide bonds. The molecule has 1 aromatic carbocycles. The Bertz CT molecular complexity index is 1220. The molecule has 0 saturated carbocycles. The average molecular weight is 425 g/mol. The number of hydrogen-bond donors (Lipinski definition) is 1. The van der Waals surface area contributed by atoms with Crippen LogP contribution in [0.25, 0.3) is 22.6 Å². The van der Waals surface area contributed by atoms with E-state index in [1.165, 1.54) is 0 Å². The number of rotatable bonds is 5. The smallest absolute Gasteiger partial charge is 0.269 e. The van der Waals surface area contributed by atoms with Crippen molar-refractivity contribution in [1.29, 1.82) is 0 Å². The van der Waals surface area contributed by atoms with Crippen molar-refractivity contribution in [3.63, 3.8) is 0 Å². The average Bonchev–Trinajstić information content (AvgIpc) is 3.47. The predicted molar refractivity (Wildman–Crippen MR) is 122 cm³/mol. The lowest BCUT2D eigenvalue weighted by Gasteiger charge is -2.17. The monoisotopic (exact) mass is 425 g/mol. The second-order valence-electron chi connectivity index (χ2n) is 7.78. The molecule has 1 saturated heterocycles. The molecule has 0 radical (unpaired) electrons. The van der Waals surface area contributed by atoms with E-state index < -0.39 is 0 Å². The Labute approximate surface area is 186 Å². The van der Waals surface area contributed by atoms with Crippen molar-refractivity contribution in [2.75, 3.05) is 18.0 Å². The molecule has 1 aliphatic rings. The number of amides is 1. The highest BCUT2D eigenvalue weighted by atomic mass is 16.2. The number of benzene rings is 1. The predicted octanol–water partition coefficient (Wildman–Crippen LogP) is 2.95. The molecule has 3 aromatic heterocycles. The Morgan fingerprint density at radius 3 is 2.66 bits per heavy atom. The van der Waals surface area contributed by atoms with Gasteiger partial charge in [-0.15, -0.1) is 0 Å². The van der Waals surface area contributed by atoms with E-state index in [0.717, 1.165) is 35.6 Å². The van der Waals surface area contributed by atoms with Crippen LogP contribution in [0.5, 0.6) is 0 Å². The lowest BCUT2D eigenvalue weighted by atomic mass is 10.2. The summed E-state index contributed by atoms with van der Waals surface area (Å²) in [6, 6.07) is 15.6. The van der Waals surface area contributed by atoms with Gasteiger partial charge in [0.1, 0.15) is 11.5 Å². The number of aromatic nitrogens is 5. The molecule has 32 heavy (non-hydrogen) atoms. The zero-order valence-electron chi connectivity index (χ0n) is 17.7. The van der Waals surface area contributed by atoms with Gasteiger partial charge in [-0.1, -0.05) is 30.3 Å². The van der Waals surface area contributed by atoms with Crippen molar-refractivity contribution in [2.45, 2.75) is 12.5 Å². The highest BCUT2D eigenvalue weighted by molar-refractivity contribution is 5.93. The van der Waals surface area contributed by atoms with E-state index in [4.69, 9.17) is 4.98 Å². The highest BCUT2D eigenvalue weighted by Gasteiger charge is 2.27. The molecule has 4 aromatic rings. The van der Waals surface area contributed by atoms with Gasteiger partial charge in [-0.2, -0.15) is 0 Å². The molecule has 8 heteroatoms. The van der Waals surface area contributed by atoms with E-state index >= 15 is 0 Å². The van der Waals surface area contributed by atoms with E-state index in [0.29, 0.717) is 18.2 Å². The number of nitrogens with zero attached hydrogens (tertiary/aromatic N) is 6. The van der Waals surface area contributed by atoms with E-state index in [2.05, 4.69) is 25.2 Å². The Morgan fingerprint density at radius 2 is 1.84 bits per heavy atom. The molecule has 0 aliphatic carbocycles. The van der Waals surface area contributed by atoms with Crippen LogP contribution in [0, 0.1) is 0 Å². The van der Waals surface area contributed by atoms with Gasteiger partial charge in [0.05, 0.1) is 11.9 Å². The van der Waals surface area contributed by atoms with E-state index in [1.807, 2.05) is 60.1 Å². The molecular weight excluding hydrogens is 402 g/mol. The molecule has 5 rings (SSSR count). The summed E-state index contributed by atoms with van der Waals surface area (Å²) in [5, 5.41) is 3.14. The van der Waals surface area contributed by atoms with Gasteiger partial charge in [0.2, 0.25) is 5.95 Å². The standard InChI is InChI=1S/C24H23N7O/c1-30-21(15-27-22(30)17-6-3-2-4-7-17)23(32)28-19-10-13-31(16-19)24-26-12-9-20(29-24)18-8-5-11-25-14-18/h2-9,11-12,14-15,19H,10,13,16H2,1H3,(H,28,32). The third-order valence-electron chi connectivity index (χ3n) is 5.66. The fraction of sp³-hybridized carbons (Fsp3) is 0.208. The molecule has 4 heterocycles. The van der Waals surface area contributed by atoms with E-state index in [9.17, 15) is 4.79 Å². The van der Waals surface area contributed by atoms with Crippen LogP contribution >= 0.6 is 0 Å². The van der Waals surface area contributed by atoms with Crippen molar-refractivity contribution in [3.05, 3.63) is 79.0 Å². The Morgan fingerprint density at radius 1 is 1.00 bits per heavy atom. The molecule has 1 fully saturated rings. The molecule has 160 valence electrons. The SMILES string of the molecule is Cn1c(C(=O)NC2CCN(c3nccc(-c4cccnc4)n3)C2)cnc1-c1ccccc1. The van der Waals surface area contributed by atoms with E-state index in [-0.39, 0.29) is 11.9 Å². The maximum Gasteiger partial charge on any atom is 0.269 e. The van der Waals surface area contributed by atoms with Gasteiger partial charge in [-0.3, -0.25) is 9.78 Å². The first-order valence-electron chi connectivity index (χ1n) is 10.6. The van der Waals surface area contributed by atoms with Gasteiger partial charge in [0, 0.05) is 55.9 Å². The third-order valence-corrected chi connectivity index (χ3v) is 5.66. The summed E-state index contributed by atoms with van der Waals surface area (Å²) in [6.07, 6.45) is 7.75. The van der Waals surface area contributed by atoms with Gasteiger partial charge in [-0.05, 0) is 24.6 Å². The number of carbonyl (C=O) groups is 1. The summed E-state index contributed by atoms with van der Waals surface area (Å²) in [5.74, 6) is 1.30. The number of carbonyl (C=O) groups excluding carboxylic acids is 1. The lowest BCUT2D eigenvalue weighted by molar-refractivity contribution is 0.0932. The van der Waals surface area contributed by atoms with Crippen molar-refractivity contribution < 1.29 is 4.79 Å². The van der Waals surface area contributed by atoms with Gasteiger partial charge >= 0.3 is 0 Å². The fourth-order valence-corrected chi connectivity index (χ4v) is 3.97. The molecule has 1 N–H and O–H groups in total. The minimum Gasteiger partial charge on any atom is -0.346 e. The van der Waals surface area contributed by atoms with Crippen LogP contribution in [0.2, 0.25) is 0 Å². The maximum absolute atomic E-state index is 12.9. The van der Waals surface area contributed by atoms with Crippen LogP contribution in [-0.2, 0) is 7.05 Å². The molecular formula is C24H23N7O. The molecule has 1 unspecified atom stereocenters. The topological polar surface area (TPSA) is 88.8 Å². The molecule has 0 spiro atoms. The second-order valence-corrected chi connectivity index (χ2v) is 7.78. The van der Waals surface area contributed by atoms with Crippen LogP contribution in [0.4, 0.5) is 5.95 Å². The van der Waals surface area contributed by atoms with Crippen LogP contribution in [0.15, 0.2) is 73.3 Å². The largest absolute Gasteiger partial charge is 0.346 e. The van der Waals surface area contributed by atoms with Gasteiger partial charge in [-0.25, -0.2) is 15.0 Å². The number of hydrogen-bond acceptors (Lipinski definition) is 6. The summed E-state index contributed by atoms with van der Waals surface area (Å²) in [7, 11) is 1.86.